The van der Waals surface area contributed by atoms with Gasteiger partial charge >= 0.3 is 0 Å². The summed E-state index contributed by atoms with van der Waals surface area (Å²) in [5.74, 6) is 1.55. The maximum Gasteiger partial charge on any atom is 0.194 e. The molecule has 0 amide bonds. The van der Waals surface area contributed by atoms with Crippen LogP contribution >= 0.6 is 11.3 Å². The molecule has 1 aromatic carbocycles. The molecule has 1 aliphatic rings. The minimum atomic E-state index is 0.557. The second-order valence-corrected chi connectivity index (χ2v) is 8.31. The van der Waals surface area contributed by atoms with Crippen molar-refractivity contribution in [2.24, 2.45) is 10.9 Å². The van der Waals surface area contributed by atoms with Crippen molar-refractivity contribution in [1.29, 1.82) is 0 Å². The number of nitrogens with one attached hydrogen (secondary N) is 1. The summed E-state index contributed by atoms with van der Waals surface area (Å²) in [5, 5.41) is 4.52. The summed E-state index contributed by atoms with van der Waals surface area (Å²) in [6.45, 7) is 11.3. The fourth-order valence-corrected chi connectivity index (χ4v) is 4.11. The van der Waals surface area contributed by atoms with Crippen molar-refractivity contribution >= 4 is 17.3 Å². The molecule has 1 aromatic heterocycles. The lowest BCUT2D eigenvalue weighted by Crippen LogP contribution is -2.40. The van der Waals surface area contributed by atoms with E-state index < -0.39 is 0 Å². The van der Waals surface area contributed by atoms with Crippen LogP contribution < -0.4 is 5.32 Å². The number of nitrogens with zero attached hydrogens (tertiary/aromatic N) is 3. The zero-order valence-corrected chi connectivity index (χ0v) is 17.4. The maximum absolute atomic E-state index is 5.94. The number of benzene rings is 1. The number of likely N-dealkylation sites (tertiary alicyclic amines) is 1. The van der Waals surface area contributed by atoms with Crippen molar-refractivity contribution in [2.75, 3.05) is 26.2 Å². The number of aryl methyl sites for hydroxylation is 2. The maximum atomic E-state index is 5.94. The van der Waals surface area contributed by atoms with Crippen LogP contribution in [0.2, 0.25) is 0 Å². The topological polar surface area (TPSA) is 49.8 Å². The van der Waals surface area contributed by atoms with Gasteiger partial charge in [-0.05, 0) is 32.8 Å². The van der Waals surface area contributed by atoms with E-state index >= 15 is 0 Å². The zero-order valence-electron chi connectivity index (χ0n) is 16.6. The van der Waals surface area contributed by atoms with Crippen molar-refractivity contribution in [2.45, 2.75) is 40.3 Å². The summed E-state index contributed by atoms with van der Waals surface area (Å²) in [7, 11) is 0. The van der Waals surface area contributed by atoms with Gasteiger partial charge in [-0.15, -0.1) is 11.3 Å². The lowest BCUT2D eigenvalue weighted by molar-refractivity contribution is 0.0906. The predicted molar refractivity (Wildman–Crippen MR) is 112 cm³/mol. The number of aromatic nitrogens is 1. The molecule has 1 aliphatic heterocycles. The Kier molecular flexibility index (Phi) is 7.24. The van der Waals surface area contributed by atoms with Crippen LogP contribution in [0.25, 0.3) is 0 Å². The van der Waals surface area contributed by atoms with Gasteiger partial charge in [0, 0.05) is 30.4 Å². The van der Waals surface area contributed by atoms with Gasteiger partial charge in [-0.3, -0.25) is 0 Å². The molecular weight excluding hydrogens is 356 g/mol. The van der Waals surface area contributed by atoms with Crippen LogP contribution in [0, 0.1) is 19.8 Å². The Labute approximate surface area is 166 Å². The third kappa shape index (κ3) is 5.78. The van der Waals surface area contributed by atoms with E-state index in [9.17, 15) is 0 Å². The second-order valence-electron chi connectivity index (χ2n) is 7.02. The highest BCUT2D eigenvalue weighted by Gasteiger charge is 2.25. The predicted octanol–water partition coefficient (Wildman–Crippen LogP) is 3.76. The summed E-state index contributed by atoms with van der Waals surface area (Å²) in [5.41, 5.74) is 2.35. The third-order valence-electron chi connectivity index (χ3n) is 4.82. The summed E-state index contributed by atoms with van der Waals surface area (Å²) >= 11 is 1.74. The Morgan fingerprint density at radius 3 is 2.85 bits per heavy atom. The van der Waals surface area contributed by atoms with Crippen molar-refractivity contribution in [3.05, 3.63) is 51.5 Å². The van der Waals surface area contributed by atoms with Gasteiger partial charge in [0.25, 0.3) is 0 Å². The molecule has 0 aliphatic carbocycles. The fourth-order valence-electron chi connectivity index (χ4n) is 3.25. The van der Waals surface area contributed by atoms with Crippen LogP contribution in [0.15, 0.2) is 35.3 Å². The van der Waals surface area contributed by atoms with Crippen molar-refractivity contribution in [3.63, 3.8) is 0 Å². The van der Waals surface area contributed by atoms with E-state index in [1.807, 2.05) is 6.07 Å². The van der Waals surface area contributed by atoms with E-state index in [0.717, 1.165) is 49.3 Å². The summed E-state index contributed by atoms with van der Waals surface area (Å²) < 4.78 is 5.94. The average Bonchev–Trinajstić information content (AvgIpc) is 3.26. The van der Waals surface area contributed by atoms with Gasteiger partial charge < -0.3 is 15.0 Å². The molecule has 0 spiro atoms. The molecule has 27 heavy (non-hydrogen) atoms. The van der Waals surface area contributed by atoms with E-state index in [-0.39, 0.29) is 0 Å². The Balaban J connectivity index is 1.50. The molecule has 5 nitrogen and oxygen atoms in total. The quantitative estimate of drug-likeness (QED) is 0.581. The van der Waals surface area contributed by atoms with Gasteiger partial charge in [-0.2, -0.15) is 0 Å². The second kappa shape index (κ2) is 9.85. The van der Waals surface area contributed by atoms with Crippen molar-refractivity contribution < 1.29 is 4.74 Å². The molecule has 1 unspecified atom stereocenters. The molecule has 1 fully saturated rings. The van der Waals surface area contributed by atoms with E-state index in [1.54, 1.807) is 11.3 Å². The number of ether oxygens (including phenoxy) is 1. The smallest absolute Gasteiger partial charge is 0.194 e. The Hall–Kier alpha value is -1.92. The van der Waals surface area contributed by atoms with Gasteiger partial charge in [0.1, 0.15) is 5.01 Å². The van der Waals surface area contributed by atoms with E-state index in [4.69, 9.17) is 9.73 Å². The molecular formula is C21H30N4OS. The first-order valence-electron chi connectivity index (χ1n) is 9.73. The fraction of sp³-hybridized carbons (Fsp3) is 0.524. The number of thiazole rings is 1. The SMILES string of the molecule is CCNC(=NCc1nc(C)c(C)s1)N1CCC(COCc2ccccc2)C1. The van der Waals surface area contributed by atoms with Crippen LogP contribution in [0.4, 0.5) is 0 Å². The zero-order chi connectivity index (χ0) is 19.1. The Bertz CT molecular complexity index is 724. The van der Waals surface area contributed by atoms with Gasteiger partial charge in [0.05, 0.1) is 25.5 Å². The van der Waals surface area contributed by atoms with Gasteiger partial charge in [0.2, 0.25) is 0 Å². The van der Waals surface area contributed by atoms with Crippen LogP contribution in [-0.2, 0) is 17.9 Å². The van der Waals surface area contributed by atoms with Gasteiger partial charge in [-0.1, -0.05) is 30.3 Å². The van der Waals surface area contributed by atoms with Gasteiger partial charge in [0.15, 0.2) is 5.96 Å². The van der Waals surface area contributed by atoms with Crippen molar-refractivity contribution in [1.82, 2.24) is 15.2 Å². The monoisotopic (exact) mass is 386 g/mol. The molecule has 0 radical (unpaired) electrons. The molecule has 1 saturated heterocycles. The molecule has 146 valence electrons. The molecule has 1 atom stereocenters. The van der Waals surface area contributed by atoms with E-state index in [0.29, 0.717) is 19.1 Å². The number of aliphatic imine (C=N–C) groups is 1. The molecule has 0 saturated carbocycles. The number of guanidine groups is 1. The molecule has 0 bridgehead atoms. The third-order valence-corrected chi connectivity index (χ3v) is 5.88. The minimum absolute atomic E-state index is 0.557. The standard InChI is InChI=1S/C21H30N4OS/c1-4-22-21(23-12-20-24-16(2)17(3)27-20)25-11-10-19(13-25)15-26-14-18-8-6-5-7-9-18/h5-9,19H,4,10-15H2,1-3H3,(H,22,23). The highest BCUT2D eigenvalue weighted by Crippen LogP contribution is 2.19. The van der Waals surface area contributed by atoms with Crippen molar-refractivity contribution in [3.8, 4) is 0 Å². The number of rotatable bonds is 7. The van der Waals surface area contributed by atoms with Crippen LogP contribution in [0.1, 0.15) is 34.5 Å². The number of hydrogen-bond acceptors (Lipinski definition) is 4. The van der Waals surface area contributed by atoms with Crippen LogP contribution in [0.5, 0.6) is 0 Å². The first kappa shape index (κ1) is 19.8. The lowest BCUT2D eigenvalue weighted by atomic mass is 10.1. The largest absolute Gasteiger partial charge is 0.376 e. The van der Waals surface area contributed by atoms with Crippen LogP contribution in [0.3, 0.4) is 0 Å². The van der Waals surface area contributed by atoms with E-state index in [2.05, 4.69) is 60.2 Å². The molecule has 2 heterocycles. The first-order valence-corrected chi connectivity index (χ1v) is 10.5. The minimum Gasteiger partial charge on any atom is -0.376 e. The highest BCUT2D eigenvalue weighted by atomic mass is 32.1. The summed E-state index contributed by atoms with van der Waals surface area (Å²) in [6.07, 6.45) is 1.15. The lowest BCUT2D eigenvalue weighted by Gasteiger charge is -2.21. The molecule has 3 rings (SSSR count). The molecule has 6 heteroatoms. The number of hydrogen-bond donors (Lipinski definition) is 1. The van der Waals surface area contributed by atoms with Crippen LogP contribution in [-0.4, -0.2) is 42.1 Å². The normalized spacial score (nSPS) is 17.5. The van der Waals surface area contributed by atoms with E-state index in [1.165, 1.54) is 10.4 Å². The average molecular weight is 387 g/mol. The molecule has 1 N–H and O–H groups in total. The summed E-state index contributed by atoms with van der Waals surface area (Å²) in [4.78, 5) is 13.1. The van der Waals surface area contributed by atoms with Gasteiger partial charge in [-0.25, -0.2) is 9.98 Å². The Morgan fingerprint density at radius 1 is 1.33 bits per heavy atom. The molecule has 2 aromatic rings. The Morgan fingerprint density at radius 2 is 2.15 bits per heavy atom. The summed E-state index contributed by atoms with van der Waals surface area (Å²) in [6, 6.07) is 10.4. The first-order chi connectivity index (χ1) is 13.2. The highest BCUT2D eigenvalue weighted by molar-refractivity contribution is 7.11.